The Bertz CT molecular complexity index is 800. The van der Waals surface area contributed by atoms with Gasteiger partial charge in [0.2, 0.25) is 5.88 Å². The number of methoxy groups -OCH3 is 1. The second-order valence-electron chi connectivity index (χ2n) is 7.77. The second kappa shape index (κ2) is 7.31. The van der Waals surface area contributed by atoms with Gasteiger partial charge < -0.3 is 9.64 Å². The summed E-state index contributed by atoms with van der Waals surface area (Å²) in [5, 5.41) is 0. The van der Waals surface area contributed by atoms with E-state index in [1.807, 2.05) is 4.90 Å². The van der Waals surface area contributed by atoms with Crippen LogP contribution in [0.3, 0.4) is 0 Å². The smallest absolute Gasteiger partial charge is 0.259 e. The van der Waals surface area contributed by atoms with Crippen LogP contribution < -0.4 is 4.74 Å². The summed E-state index contributed by atoms with van der Waals surface area (Å²) in [5.41, 5.74) is 2.19. The molecule has 2 fully saturated rings. The van der Waals surface area contributed by atoms with Crippen LogP contribution in [0.25, 0.3) is 0 Å². The van der Waals surface area contributed by atoms with E-state index in [2.05, 4.69) is 47.3 Å². The number of nitrogens with zero attached hydrogens (tertiary/aromatic N) is 3. The molecular weight excluding hydrogens is 338 g/mol. The number of pyridine rings is 1. The van der Waals surface area contributed by atoms with E-state index in [4.69, 9.17) is 4.74 Å². The molecule has 0 N–H and O–H groups in total. The molecule has 0 saturated carbocycles. The molecule has 2 aromatic rings. The Balaban J connectivity index is 1.45. The Kier molecular flexibility index (Phi) is 4.87. The zero-order chi connectivity index (χ0) is 18.9. The standard InChI is InChI=1S/C22H27N3O2/c1-24-16-18(17-7-4-3-5-8-17)15-22(24)10-13-25(14-11-22)21(26)19-9-6-12-23-20(19)27-2/h3-9,12,18H,10-11,13-16H2,1-2H3/t18-/m0/s1. The topological polar surface area (TPSA) is 45.7 Å². The van der Waals surface area contributed by atoms with Gasteiger partial charge in [0.15, 0.2) is 0 Å². The molecule has 1 aromatic carbocycles. The van der Waals surface area contributed by atoms with Gasteiger partial charge in [-0.05, 0) is 49.9 Å². The van der Waals surface area contributed by atoms with E-state index in [0.717, 1.165) is 32.5 Å². The van der Waals surface area contributed by atoms with Crippen molar-refractivity contribution in [3.8, 4) is 5.88 Å². The van der Waals surface area contributed by atoms with Gasteiger partial charge in [0.1, 0.15) is 5.56 Å². The van der Waals surface area contributed by atoms with Crippen molar-refractivity contribution in [3.63, 3.8) is 0 Å². The lowest BCUT2D eigenvalue weighted by atomic mass is 9.81. The van der Waals surface area contributed by atoms with Crippen LogP contribution in [0.4, 0.5) is 0 Å². The largest absolute Gasteiger partial charge is 0.480 e. The van der Waals surface area contributed by atoms with Gasteiger partial charge in [-0.15, -0.1) is 0 Å². The number of carbonyl (C=O) groups excluding carboxylic acids is 1. The molecule has 2 aliphatic heterocycles. The van der Waals surface area contributed by atoms with Crippen LogP contribution in [-0.4, -0.2) is 60.0 Å². The van der Waals surface area contributed by atoms with E-state index < -0.39 is 0 Å². The third kappa shape index (κ3) is 3.32. The number of hydrogen-bond donors (Lipinski definition) is 0. The molecule has 5 nitrogen and oxygen atoms in total. The van der Waals surface area contributed by atoms with Crippen LogP contribution >= 0.6 is 0 Å². The molecule has 0 unspecified atom stereocenters. The highest BCUT2D eigenvalue weighted by molar-refractivity contribution is 5.96. The van der Waals surface area contributed by atoms with Gasteiger partial charge in [0, 0.05) is 31.4 Å². The van der Waals surface area contributed by atoms with E-state index in [-0.39, 0.29) is 11.4 Å². The lowest BCUT2D eigenvalue weighted by Gasteiger charge is -2.43. The van der Waals surface area contributed by atoms with Crippen LogP contribution in [0.5, 0.6) is 5.88 Å². The molecule has 1 aromatic heterocycles. The summed E-state index contributed by atoms with van der Waals surface area (Å²) in [7, 11) is 3.80. The van der Waals surface area contributed by atoms with Gasteiger partial charge in [-0.25, -0.2) is 4.98 Å². The Morgan fingerprint density at radius 1 is 1.15 bits per heavy atom. The third-order valence-electron chi connectivity index (χ3n) is 6.38. The molecule has 2 saturated heterocycles. The monoisotopic (exact) mass is 365 g/mol. The van der Waals surface area contributed by atoms with Crippen LogP contribution in [0.2, 0.25) is 0 Å². The van der Waals surface area contributed by atoms with Crippen LogP contribution in [-0.2, 0) is 0 Å². The number of benzene rings is 1. The van der Waals surface area contributed by atoms with Gasteiger partial charge in [0.25, 0.3) is 5.91 Å². The fraction of sp³-hybridized carbons (Fsp3) is 0.455. The fourth-order valence-corrected chi connectivity index (χ4v) is 4.75. The predicted molar refractivity (Wildman–Crippen MR) is 105 cm³/mol. The Hall–Kier alpha value is -2.40. The maximum absolute atomic E-state index is 12.9. The summed E-state index contributed by atoms with van der Waals surface area (Å²) in [5.74, 6) is 1.01. The van der Waals surface area contributed by atoms with Crippen LogP contribution in [0.15, 0.2) is 48.7 Å². The number of hydrogen-bond acceptors (Lipinski definition) is 4. The molecule has 0 radical (unpaired) electrons. The summed E-state index contributed by atoms with van der Waals surface area (Å²) in [6.07, 6.45) is 4.85. The highest BCUT2D eigenvalue weighted by Crippen LogP contribution is 2.44. The SMILES string of the molecule is COc1ncccc1C(=O)N1CCC2(CC1)C[C@H](c1ccccc1)CN2C. The van der Waals surface area contributed by atoms with Gasteiger partial charge in [-0.2, -0.15) is 0 Å². The first-order valence-corrected chi connectivity index (χ1v) is 9.67. The normalized spacial score (nSPS) is 22.1. The number of likely N-dealkylation sites (N-methyl/N-ethyl adjacent to an activating group) is 1. The molecule has 27 heavy (non-hydrogen) atoms. The molecule has 1 spiro atoms. The highest BCUT2D eigenvalue weighted by Gasteiger charge is 2.46. The summed E-state index contributed by atoms with van der Waals surface area (Å²) in [6.45, 7) is 2.65. The number of likely N-dealkylation sites (tertiary alicyclic amines) is 2. The number of rotatable bonds is 3. The molecule has 142 valence electrons. The van der Waals surface area contributed by atoms with E-state index in [9.17, 15) is 4.79 Å². The summed E-state index contributed by atoms with van der Waals surface area (Å²) in [4.78, 5) is 21.6. The Morgan fingerprint density at radius 3 is 2.59 bits per heavy atom. The van der Waals surface area contributed by atoms with E-state index >= 15 is 0 Å². The molecule has 1 atom stereocenters. The van der Waals surface area contributed by atoms with Crippen molar-refractivity contribution < 1.29 is 9.53 Å². The number of ether oxygens (including phenoxy) is 1. The van der Waals surface area contributed by atoms with Crippen molar-refractivity contribution in [1.29, 1.82) is 0 Å². The molecule has 1 amide bonds. The summed E-state index contributed by atoms with van der Waals surface area (Å²) >= 11 is 0. The highest BCUT2D eigenvalue weighted by atomic mass is 16.5. The zero-order valence-electron chi connectivity index (χ0n) is 16.1. The molecular formula is C22H27N3O2. The molecule has 2 aliphatic rings. The van der Waals surface area contributed by atoms with Crippen molar-refractivity contribution >= 4 is 5.91 Å². The summed E-state index contributed by atoms with van der Waals surface area (Å²) < 4.78 is 5.26. The molecule has 4 rings (SSSR count). The van der Waals surface area contributed by atoms with E-state index in [0.29, 0.717) is 17.4 Å². The Morgan fingerprint density at radius 2 is 1.89 bits per heavy atom. The van der Waals surface area contributed by atoms with Gasteiger partial charge in [-0.3, -0.25) is 9.69 Å². The first-order valence-electron chi connectivity index (χ1n) is 9.67. The molecule has 5 heteroatoms. The molecule has 0 bridgehead atoms. The molecule has 0 aliphatic carbocycles. The third-order valence-corrected chi connectivity index (χ3v) is 6.38. The minimum atomic E-state index is 0.0232. The van der Waals surface area contributed by atoms with Crippen LogP contribution in [0.1, 0.15) is 41.1 Å². The minimum absolute atomic E-state index is 0.0232. The molecule has 3 heterocycles. The number of piperidine rings is 1. The quantitative estimate of drug-likeness (QED) is 0.838. The first-order chi connectivity index (χ1) is 13.1. The van der Waals surface area contributed by atoms with E-state index in [1.54, 1.807) is 25.4 Å². The predicted octanol–water partition coefficient (Wildman–Crippen LogP) is 3.18. The van der Waals surface area contributed by atoms with Crippen molar-refractivity contribution in [1.82, 2.24) is 14.8 Å². The van der Waals surface area contributed by atoms with E-state index in [1.165, 1.54) is 12.0 Å². The van der Waals surface area contributed by atoms with Crippen molar-refractivity contribution in [2.75, 3.05) is 33.8 Å². The zero-order valence-corrected chi connectivity index (χ0v) is 16.1. The van der Waals surface area contributed by atoms with Gasteiger partial charge >= 0.3 is 0 Å². The fourth-order valence-electron chi connectivity index (χ4n) is 4.75. The summed E-state index contributed by atoms with van der Waals surface area (Å²) in [6, 6.07) is 14.4. The van der Waals surface area contributed by atoms with Crippen LogP contribution in [0, 0.1) is 0 Å². The number of carbonyl (C=O) groups is 1. The maximum atomic E-state index is 12.9. The average Bonchev–Trinajstić information content (AvgIpc) is 3.04. The Labute approximate surface area is 161 Å². The van der Waals surface area contributed by atoms with Crippen molar-refractivity contribution in [2.45, 2.75) is 30.7 Å². The first kappa shape index (κ1) is 18.0. The lowest BCUT2D eigenvalue weighted by molar-refractivity contribution is 0.0489. The van der Waals surface area contributed by atoms with Crippen molar-refractivity contribution in [2.24, 2.45) is 0 Å². The van der Waals surface area contributed by atoms with Gasteiger partial charge in [-0.1, -0.05) is 30.3 Å². The van der Waals surface area contributed by atoms with Gasteiger partial charge in [0.05, 0.1) is 7.11 Å². The lowest BCUT2D eigenvalue weighted by Crippen LogP contribution is -2.52. The minimum Gasteiger partial charge on any atom is -0.480 e. The van der Waals surface area contributed by atoms with Crippen molar-refractivity contribution in [3.05, 3.63) is 59.8 Å². The maximum Gasteiger partial charge on any atom is 0.259 e. The second-order valence-corrected chi connectivity index (χ2v) is 7.77. The number of aromatic nitrogens is 1. The number of amides is 1. The average molecular weight is 365 g/mol.